The smallest absolute Gasteiger partial charge is 0.338 e. The quantitative estimate of drug-likeness (QED) is 0.583. The first kappa shape index (κ1) is 23.5. The Morgan fingerprint density at radius 3 is 2.43 bits per heavy atom. The molecule has 0 atom stereocenters. The average Bonchev–Trinajstić information content (AvgIpc) is 2.67. The summed E-state index contributed by atoms with van der Waals surface area (Å²) in [4.78, 5) is 24.3. The van der Waals surface area contributed by atoms with Crippen molar-refractivity contribution < 1.29 is 27.5 Å². The number of rotatable bonds is 9. The molecule has 10 heteroatoms. The highest BCUT2D eigenvalue weighted by Gasteiger charge is 2.22. The first-order chi connectivity index (χ1) is 14.2. The van der Waals surface area contributed by atoms with Crippen LogP contribution in [0.1, 0.15) is 24.2 Å². The molecule has 2 aromatic carbocycles. The van der Waals surface area contributed by atoms with Gasteiger partial charge in [-0.25, -0.2) is 13.2 Å². The second kappa shape index (κ2) is 10.3. The number of anilines is 2. The van der Waals surface area contributed by atoms with Gasteiger partial charge in [0.2, 0.25) is 15.9 Å². The zero-order valence-corrected chi connectivity index (χ0v) is 18.4. The molecule has 0 aliphatic carbocycles. The van der Waals surface area contributed by atoms with Gasteiger partial charge >= 0.3 is 5.97 Å². The molecule has 30 heavy (non-hydrogen) atoms. The Hall–Kier alpha value is -2.78. The maximum Gasteiger partial charge on any atom is 0.338 e. The minimum Gasteiger partial charge on any atom is -0.494 e. The molecule has 0 saturated carbocycles. The third-order valence-corrected chi connectivity index (χ3v) is 5.31. The van der Waals surface area contributed by atoms with Crippen molar-refractivity contribution in [3.8, 4) is 5.75 Å². The fraction of sp³-hybridized carbons (Fsp3) is 0.300. The van der Waals surface area contributed by atoms with Crippen molar-refractivity contribution in [2.24, 2.45) is 0 Å². The minimum absolute atomic E-state index is 0.123. The van der Waals surface area contributed by atoms with E-state index >= 15 is 0 Å². The maximum absolute atomic E-state index is 12.5. The lowest BCUT2D eigenvalue weighted by molar-refractivity contribution is -0.114. The van der Waals surface area contributed by atoms with E-state index in [-0.39, 0.29) is 22.9 Å². The molecule has 0 unspecified atom stereocenters. The molecule has 2 rings (SSSR count). The molecule has 0 aromatic heterocycles. The number of benzene rings is 2. The highest BCUT2D eigenvalue weighted by molar-refractivity contribution is 7.92. The van der Waals surface area contributed by atoms with Crippen LogP contribution in [0.3, 0.4) is 0 Å². The molecule has 8 nitrogen and oxygen atoms in total. The summed E-state index contributed by atoms with van der Waals surface area (Å²) in [6.07, 6.45) is 1.01. The minimum atomic E-state index is -3.75. The highest BCUT2D eigenvalue weighted by Crippen LogP contribution is 2.25. The number of esters is 1. The number of hydrogen-bond donors (Lipinski definition) is 1. The summed E-state index contributed by atoms with van der Waals surface area (Å²) < 4.78 is 35.8. The fourth-order valence-electron chi connectivity index (χ4n) is 2.57. The number of nitrogens with one attached hydrogen (secondary N) is 1. The van der Waals surface area contributed by atoms with Crippen molar-refractivity contribution in [1.29, 1.82) is 0 Å². The van der Waals surface area contributed by atoms with E-state index in [1.165, 1.54) is 18.2 Å². The molecule has 1 amide bonds. The van der Waals surface area contributed by atoms with E-state index in [2.05, 4.69) is 5.32 Å². The number of ether oxygens (including phenoxy) is 2. The fourth-order valence-corrected chi connectivity index (χ4v) is 3.65. The molecule has 0 aliphatic rings. The summed E-state index contributed by atoms with van der Waals surface area (Å²) in [5, 5.41) is 2.68. The van der Waals surface area contributed by atoms with Gasteiger partial charge in [-0.2, -0.15) is 0 Å². The van der Waals surface area contributed by atoms with Gasteiger partial charge in [-0.1, -0.05) is 17.7 Å². The number of nitrogens with zero attached hydrogens (tertiary/aromatic N) is 1. The molecule has 0 bridgehead atoms. The van der Waals surface area contributed by atoms with Crippen LogP contribution in [0.4, 0.5) is 11.4 Å². The number of sulfonamides is 1. The monoisotopic (exact) mass is 454 g/mol. The first-order valence-corrected chi connectivity index (χ1v) is 11.4. The van der Waals surface area contributed by atoms with Crippen molar-refractivity contribution >= 4 is 44.9 Å². The van der Waals surface area contributed by atoms with Crippen LogP contribution in [0.2, 0.25) is 5.02 Å². The van der Waals surface area contributed by atoms with Crippen LogP contribution in [0.5, 0.6) is 5.75 Å². The van der Waals surface area contributed by atoms with Crippen LogP contribution in [-0.4, -0.2) is 46.3 Å². The molecule has 2 aromatic rings. The van der Waals surface area contributed by atoms with E-state index in [1.807, 2.05) is 6.92 Å². The normalized spacial score (nSPS) is 10.9. The Morgan fingerprint density at radius 1 is 1.10 bits per heavy atom. The molecule has 0 heterocycles. The highest BCUT2D eigenvalue weighted by atomic mass is 35.5. The molecule has 1 N–H and O–H groups in total. The van der Waals surface area contributed by atoms with Gasteiger partial charge in [0.15, 0.2) is 0 Å². The molecule has 0 saturated heterocycles. The Morgan fingerprint density at radius 2 is 1.83 bits per heavy atom. The van der Waals surface area contributed by atoms with E-state index in [1.54, 1.807) is 31.2 Å². The maximum atomic E-state index is 12.5. The van der Waals surface area contributed by atoms with Gasteiger partial charge in [0.25, 0.3) is 0 Å². The second-order valence-electron chi connectivity index (χ2n) is 6.16. The van der Waals surface area contributed by atoms with Gasteiger partial charge in [0, 0.05) is 6.07 Å². The van der Waals surface area contributed by atoms with Crippen molar-refractivity contribution in [1.82, 2.24) is 0 Å². The largest absolute Gasteiger partial charge is 0.494 e. The summed E-state index contributed by atoms with van der Waals surface area (Å²) in [5.41, 5.74) is 0.777. The first-order valence-electron chi connectivity index (χ1n) is 9.12. The standard InChI is InChI=1S/C20H23ClN2O6S/c1-4-28-16-8-6-7-15(12-16)23(30(3,26)27)13-19(24)22-18-10-9-14(11-17(18)21)20(25)29-5-2/h6-12H,4-5,13H2,1-3H3,(H,22,24). The number of hydrogen-bond acceptors (Lipinski definition) is 6. The number of carbonyl (C=O) groups excluding carboxylic acids is 2. The van der Waals surface area contributed by atoms with Crippen LogP contribution in [0.25, 0.3) is 0 Å². The van der Waals surface area contributed by atoms with Gasteiger partial charge in [-0.05, 0) is 44.2 Å². The third-order valence-electron chi connectivity index (χ3n) is 3.86. The van der Waals surface area contributed by atoms with Crippen molar-refractivity contribution in [2.45, 2.75) is 13.8 Å². The van der Waals surface area contributed by atoms with Gasteiger partial charge in [-0.15, -0.1) is 0 Å². The number of carbonyl (C=O) groups is 2. The van der Waals surface area contributed by atoms with Gasteiger partial charge < -0.3 is 14.8 Å². The van der Waals surface area contributed by atoms with Crippen LogP contribution >= 0.6 is 11.6 Å². The van der Waals surface area contributed by atoms with Crippen molar-refractivity contribution in [3.63, 3.8) is 0 Å². The Kier molecular flexibility index (Phi) is 8.08. The van der Waals surface area contributed by atoms with E-state index in [4.69, 9.17) is 21.1 Å². The molecule has 0 aliphatic heterocycles. The van der Waals surface area contributed by atoms with Crippen molar-refractivity contribution in [2.75, 3.05) is 35.6 Å². The van der Waals surface area contributed by atoms with Crippen LogP contribution < -0.4 is 14.4 Å². The van der Waals surface area contributed by atoms with Crippen LogP contribution in [-0.2, 0) is 19.6 Å². The van der Waals surface area contributed by atoms with E-state index in [0.29, 0.717) is 18.0 Å². The molecule has 0 radical (unpaired) electrons. The topological polar surface area (TPSA) is 102 Å². The summed E-state index contributed by atoms with van der Waals surface area (Å²) >= 11 is 6.15. The molecular formula is C20H23ClN2O6S. The molecular weight excluding hydrogens is 432 g/mol. The van der Waals surface area contributed by atoms with Gasteiger partial charge in [0.05, 0.1) is 41.4 Å². The predicted octanol–water partition coefficient (Wildman–Crippen LogP) is 3.32. The van der Waals surface area contributed by atoms with E-state index < -0.39 is 28.4 Å². The third kappa shape index (κ3) is 6.36. The lowest BCUT2D eigenvalue weighted by Gasteiger charge is -2.22. The zero-order valence-electron chi connectivity index (χ0n) is 16.8. The average molecular weight is 455 g/mol. The summed E-state index contributed by atoms with van der Waals surface area (Å²) in [6.45, 7) is 3.67. The lowest BCUT2D eigenvalue weighted by Crippen LogP contribution is -2.37. The summed E-state index contributed by atoms with van der Waals surface area (Å²) in [6, 6.07) is 10.7. The predicted molar refractivity (Wildman–Crippen MR) is 116 cm³/mol. The second-order valence-corrected chi connectivity index (χ2v) is 8.48. The van der Waals surface area contributed by atoms with Crippen molar-refractivity contribution in [3.05, 3.63) is 53.1 Å². The van der Waals surface area contributed by atoms with Crippen LogP contribution in [0, 0.1) is 0 Å². The summed E-state index contributed by atoms with van der Waals surface area (Å²) in [5.74, 6) is -0.649. The van der Waals surface area contributed by atoms with Gasteiger partial charge in [-0.3, -0.25) is 9.10 Å². The van der Waals surface area contributed by atoms with Gasteiger partial charge in [0.1, 0.15) is 12.3 Å². The number of amides is 1. The van der Waals surface area contributed by atoms with E-state index in [9.17, 15) is 18.0 Å². The zero-order chi connectivity index (χ0) is 22.3. The Labute approximate surface area is 180 Å². The SMILES string of the molecule is CCOC(=O)c1ccc(NC(=O)CN(c2cccc(OCC)c2)S(C)(=O)=O)c(Cl)c1. The van der Waals surface area contributed by atoms with E-state index in [0.717, 1.165) is 10.6 Å². The lowest BCUT2D eigenvalue weighted by atomic mass is 10.2. The number of halogens is 1. The Balaban J connectivity index is 2.19. The van der Waals surface area contributed by atoms with Crippen LogP contribution in [0.15, 0.2) is 42.5 Å². The molecule has 162 valence electrons. The molecule has 0 fully saturated rings. The molecule has 0 spiro atoms. The summed E-state index contributed by atoms with van der Waals surface area (Å²) in [7, 11) is -3.75. The Bertz CT molecular complexity index is 1030.